The number of aryl methyl sites for hydroxylation is 2. The van der Waals surface area contributed by atoms with Gasteiger partial charge in [0.1, 0.15) is 29.9 Å². The zero-order valence-electron chi connectivity index (χ0n) is 21.2. The van der Waals surface area contributed by atoms with Crippen molar-refractivity contribution >= 4 is 22.8 Å². The number of aromatic amines is 1. The molecule has 2 amide bonds. The summed E-state index contributed by atoms with van der Waals surface area (Å²) in [4.78, 5) is 39.5. The van der Waals surface area contributed by atoms with Gasteiger partial charge in [0.25, 0.3) is 5.91 Å². The number of carbonyl (C=O) groups excluding carboxylic acids is 2. The fourth-order valence-corrected chi connectivity index (χ4v) is 4.95. The van der Waals surface area contributed by atoms with E-state index in [-0.39, 0.29) is 23.3 Å². The predicted molar refractivity (Wildman–Crippen MR) is 136 cm³/mol. The number of rotatable bonds is 7. The second-order valence-corrected chi connectivity index (χ2v) is 10.8. The van der Waals surface area contributed by atoms with E-state index in [0.29, 0.717) is 53.6 Å². The third-order valence-corrected chi connectivity index (χ3v) is 7.30. The van der Waals surface area contributed by atoms with Crippen molar-refractivity contribution in [2.75, 3.05) is 26.3 Å². The molecule has 190 valence electrons. The van der Waals surface area contributed by atoms with Crippen LogP contribution in [0.4, 0.5) is 0 Å². The summed E-state index contributed by atoms with van der Waals surface area (Å²) >= 11 is 0. The third kappa shape index (κ3) is 4.55. The van der Waals surface area contributed by atoms with Crippen LogP contribution in [0.25, 0.3) is 22.3 Å². The van der Waals surface area contributed by atoms with Crippen LogP contribution in [0.2, 0.25) is 0 Å². The first-order chi connectivity index (χ1) is 17.2. The number of hydrogen-bond donors (Lipinski definition) is 3. The van der Waals surface area contributed by atoms with Gasteiger partial charge in [-0.1, -0.05) is 25.5 Å². The van der Waals surface area contributed by atoms with E-state index in [0.717, 1.165) is 16.9 Å². The fraction of sp³-hybridized carbons (Fsp3) is 0.481. The topological polar surface area (TPSA) is 120 Å². The molecule has 5 rings (SSSR count). The molecule has 1 aliphatic heterocycles. The van der Waals surface area contributed by atoms with Crippen LogP contribution in [-0.2, 0) is 4.79 Å². The lowest BCUT2D eigenvalue weighted by atomic mass is 9.87. The van der Waals surface area contributed by atoms with Gasteiger partial charge in [-0.3, -0.25) is 9.59 Å². The average Bonchev–Trinajstić information content (AvgIpc) is 3.53. The number of benzene rings is 1. The number of aromatic nitrogens is 3. The second-order valence-electron chi connectivity index (χ2n) is 10.8. The highest BCUT2D eigenvalue weighted by molar-refractivity contribution is 6.09. The van der Waals surface area contributed by atoms with Gasteiger partial charge >= 0.3 is 0 Å². The Balaban J connectivity index is 1.47. The Kier molecular flexibility index (Phi) is 6.20. The van der Waals surface area contributed by atoms with Gasteiger partial charge in [-0.05, 0) is 44.7 Å². The van der Waals surface area contributed by atoms with Crippen molar-refractivity contribution in [3.05, 3.63) is 41.3 Å². The molecule has 1 aromatic carbocycles. The van der Waals surface area contributed by atoms with Crippen molar-refractivity contribution in [2.45, 2.75) is 46.6 Å². The first-order valence-corrected chi connectivity index (χ1v) is 12.4. The molecule has 3 N–H and O–H groups in total. The zero-order chi connectivity index (χ0) is 25.6. The van der Waals surface area contributed by atoms with Crippen molar-refractivity contribution in [1.29, 1.82) is 0 Å². The molecule has 0 radical (unpaired) electrons. The maximum atomic E-state index is 13.5. The largest absolute Gasteiger partial charge is 0.493 e. The maximum Gasteiger partial charge on any atom is 0.255 e. The van der Waals surface area contributed by atoms with E-state index in [9.17, 15) is 14.7 Å². The monoisotopic (exact) mass is 491 g/mol. The Labute approximate surface area is 210 Å². The lowest BCUT2D eigenvalue weighted by molar-refractivity contribution is -0.133. The minimum atomic E-state index is -0.538. The number of H-pyrrole nitrogens is 1. The van der Waals surface area contributed by atoms with Crippen molar-refractivity contribution in [3.8, 4) is 17.0 Å². The predicted octanol–water partition coefficient (Wildman–Crippen LogP) is 2.99. The zero-order valence-corrected chi connectivity index (χ0v) is 21.2. The number of likely N-dealkylation sites (tertiary alicyclic amines) is 1. The summed E-state index contributed by atoms with van der Waals surface area (Å²) in [5, 5.41) is 12.4. The van der Waals surface area contributed by atoms with Crippen LogP contribution >= 0.6 is 0 Å². The lowest BCUT2D eigenvalue weighted by Gasteiger charge is -2.26. The molecule has 36 heavy (non-hydrogen) atoms. The molecule has 1 atom stereocenters. The van der Waals surface area contributed by atoms with Crippen molar-refractivity contribution in [3.63, 3.8) is 0 Å². The Morgan fingerprint density at radius 1 is 1.25 bits per heavy atom. The Morgan fingerprint density at radius 2 is 2.03 bits per heavy atom. The first kappa shape index (κ1) is 24.2. The van der Waals surface area contributed by atoms with Crippen LogP contribution < -0.4 is 10.1 Å². The summed E-state index contributed by atoms with van der Waals surface area (Å²) in [5.41, 5.74) is 4.69. The molecule has 1 saturated carbocycles. The van der Waals surface area contributed by atoms with Crippen LogP contribution in [-0.4, -0.2) is 69.1 Å². The van der Waals surface area contributed by atoms with Gasteiger partial charge in [0.2, 0.25) is 5.91 Å². The number of nitrogens with zero attached hydrogens (tertiary/aromatic N) is 3. The van der Waals surface area contributed by atoms with Gasteiger partial charge < -0.3 is 25.0 Å². The van der Waals surface area contributed by atoms with Gasteiger partial charge in [-0.15, -0.1) is 0 Å². The summed E-state index contributed by atoms with van der Waals surface area (Å²) in [5.74, 6) is 0.802. The Morgan fingerprint density at radius 3 is 2.75 bits per heavy atom. The summed E-state index contributed by atoms with van der Waals surface area (Å²) in [6, 6.07) is 5.79. The number of carbonyl (C=O) groups is 2. The molecular weight excluding hydrogens is 458 g/mol. The van der Waals surface area contributed by atoms with Crippen molar-refractivity contribution < 1.29 is 19.4 Å². The van der Waals surface area contributed by atoms with E-state index in [1.165, 1.54) is 19.2 Å². The Hall–Kier alpha value is -3.46. The standard InChI is InChI=1S/C27H33N5O4/c1-15-5-8-19(36-12-17-6-7-17)18(9-15)23-25-24(29-14-28-23)22(16(2)30-25)26(35)31-20-10-32(21(34)11-33)13-27(20,3)4/h5,8-9,14,17,20,30,33H,6-7,10-13H2,1-4H3,(H,31,35). The second kappa shape index (κ2) is 9.20. The van der Waals surface area contributed by atoms with Gasteiger partial charge in [0.05, 0.1) is 23.7 Å². The SMILES string of the molecule is Cc1ccc(OCC2CC2)c(-c2ncnc3c(C(=O)NC4CN(C(=O)CO)CC4(C)C)c(C)[nH]c23)c1. The smallest absolute Gasteiger partial charge is 0.255 e. The first-order valence-electron chi connectivity index (χ1n) is 12.4. The van der Waals surface area contributed by atoms with Gasteiger partial charge in [0.15, 0.2) is 0 Å². The summed E-state index contributed by atoms with van der Waals surface area (Å²) in [7, 11) is 0. The van der Waals surface area contributed by atoms with Crippen molar-refractivity contribution in [2.24, 2.45) is 11.3 Å². The average molecular weight is 492 g/mol. The summed E-state index contributed by atoms with van der Waals surface area (Å²) in [6.45, 7) is 8.86. The van der Waals surface area contributed by atoms with Crippen LogP contribution in [0.3, 0.4) is 0 Å². The van der Waals surface area contributed by atoms with E-state index in [1.54, 1.807) is 4.90 Å². The molecule has 0 spiro atoms. The Bertz CT molecular complexity index is 1330. The molecule has 1 saturated heterocycles. The minimum Gasteiger partial charge on any atom is -0.493 e. The van der Waals surface area contributed by atoms with Crippen LogP contribution in [0.5, 0.6) is 5.75 Å². The van der Waals surface area contributed by atoms with E-state index < -0.39 is 6.61 Å². The highest BCUT2D eigenvalue weighted by atomic mass is 16.5. The van der Waals surface area contributed by atoms with E-state index in [4.69, 9.17) is 4.74 Å². The quantitative estimate of drug-likeness (QED) is 0.467. The molecule has 9 heteroatoms. The number of aliphatic hydroxyl groups is 1. The fourth-order valence-electron chi connectivity index (χ4n) is 4.95. The molecule has 1 aliphatic carbocycles. The summed E-state index contributed by atoms with van der Waals surface area (Å²) in [6.07, 6.45) is 3.89. The lowest BCUT2D eigenvalue weighted by Crippen LogP contribution is -2.44. The highest BCUT2D eigenvalue weighted by Gasteiger charge is 2.42. The summed E-state index contributed by atoms with van der Waals surface area (Å²) < 4.78 is 6.15. The molecule has 3 aromatic rings. The molecule has 2 aliphatic rings. The molecule has 9 nitrogen and oxygen atoms in total. The number of fused-ring (bicyclic) bond motifs is 1. The number of hydrogen-bond acceptors (Lipinski definition) is 6. The van der Waals surface area contributed by atoms with E-state index in [1.807, 2.05) is 45.9 Å². The normalized spacial score (nSPS) is 19.0. The third-order valence-electron chi connectivity index (χ3n) is 7.30. The van der Waals surface area contributed by atoms with Crippen LogP contribution in [0.1, 0.15) is 48.3 Å². The van der Waals surface area contributed by atoms with E-state index >= 15 is 0 Å². The van der Waals surface area contributed by atoms with Crippen LogP contribution in [0.15, 0.2) is 24.5 Å². The molecule has 2 aromatic heterocycles. The number of ether oxygens (including phenoxy) is 1. The molecule has 0 bridgehead atoms. The highest BCUT2D eigenvalue weighted by Crippen LogP contribution is 2.37. The number of amides is 2. The van der Waals surface area contributed by atoms with Gasteiger partial charge in [-0.25, -0.2) is 9.97 Å². The minimum absolute atomic E-state index is 0.255. The molecule has 2 fully saturated rings. The molecular formula is C27H33N5O4. The molecule has 3 heterocycles. The number of aliphatic hydroxyl groups excluding tert-OH is 1. The van der Waals surface area contributed by atoms with Crippen LogP contribution in [0, 0.1) is 25.2 Å². The molecule has 1 unspecified atom stereocenters. The van der Waals surface area contributed by atoms with E-state index in [2.05, 4.69) is 20.3 Å². The van der Waals surface area contributed by atoms with Crippen molar-refractivity contribution in [1.82, 2.24) is 25.2 Å². The van der Waals surface area contributed by atoms with Gasteiger partial charge in [0, 0.05) is 29.8 Å². The number of nitrogens with one attached hydrogen (secondary N) is 2. The van der Waals surface area contributed by atoms with Gasteiger partial charge in [-0.2, -0.15) is 0 Å². The maximum absolute atomic E-state index is 13.5.